The number of esters is 1. The van der Waals surface area contributed by atoms with Crippen molar-refractivity contribution in [2.45, 2.75) is 39.8 Å². The summed E-state index contributed by atoms with van der Waals surface area (Å²) < 4.78 is 15.0. The molecule has 2 atom stereocenters. The Labute approximate surface area is 126 Å². The average molecular weight is 302 g/mol. The quantitative estimate of drug-likeness (QED) is 0.362. The number of rotatable bonds is 10. The predicted molar refractivity (Wildman–Crippen MR) is 79.5 cm³/mol. The summed E-state index contributed by atoms with van der Waals surface area (Å²) in [6.45, 7) is 8.25. The van der Waals surface area contributed by atoms with Crippen molar-refractivity contribution in [2.24, 2.45) is 4.99 Å². The molecule has 0 bridgehead atoms. The van der Waals surface area contributed by atoms with Crippen LogP contribution < -0.4 is 5.32 Å². The third kappa shape index (κ3) is 9.97. The van der Waals surface area contributed by atoms with Crippen LogP contribution in [0.4, 0.5) is 0 Å². The molecule has 0 aromatic heterocycles. The first kappa shape index (κ1) is 19.5. The van der Waals surface area contributed by atoms with Crippen LogP contribution >= 0.6 is 0 Å². The molecule has 0 unspecified atom stereocenters. The molecule has 1 amide bonds. The first-order valence-electron chi connectivity index (χ1n) is 6.93. The summed E-state index contributed by atoms with van der Waals surface area (Å²) in [4.78, 5) is 27.6. The Balaban J connectivity index is 3.94. The second kappa shape index (κ2) is 11.2. The molecule has 0 aliphatic rings. The van der Waals surface area contributed by atoms with E-state index >= 15 is 0 Å². The molecule has 7 nitrogen and oxygen atoms in total. The van der Waals surface area contributed by atoms with Crippen molar-refractivity contribution in [1.29, 1.82) is 0 Å². The second-order valence-corrected chi connectivity index (χ2v) is 4.76. The molecule has 0 spiro atoms. The molecule has 0 saturated heterocycles. The summed E-state index contributed by atoms with van der Waals surface area (Å²) in [5.74, 6) is -0.805. The number of hydrogen-bond donors (Lipinski definition) is 1. The molecular formula is C14H26N2O5. The van der Waals surface area contributed by atoms with Gasteiger partial charge in [0.05, 0.1) is 19.8 Å². The van der Waals surface area contributed by atoms with E-state index in [4.69, 9.17) is 14.2 Å². The van der Waals surface area contributed by atoms with Crippen LogP contribution in [0.25, 0.3) is 0 Å². The Hall–Kier alpha value is -1.47. The molecule has 0 aromatic rings. The van der Waals surface area contributed by atoms with E-state index in [-0.39, 0.29) is 12.5 Å². The number of methoxy groups -OCH3 is 1. The van der Waals surface area contributed by atoms with Crippen molar-refractivity contribution >= 4 is 17.6 Å². The Bertz CT molecular complexity index is 353. The topological polar surface area (TPSA) is 86.2 Å². The fourth-order valence-corrected chi connectivity index (χ4v) is 1.41. The number of carbonyl (C=O) groups is 2. The number of hydrogen-bond acceptors (Lipinski definition) is 6. The Morgan fingerprint density at radius 3 is 2.29 bits per heavy atom. The maximum absolute atomic E-state index is 11.8. The summed E-state index contributed by atoms with van der Waals surface area (Å²) in [7, 11) is 1.58. The van der Waals surface area contributed by atoms with Crippen molar-refractivity contribution in [3.63, 3.8) is 0 Å². The van der Waals surface area contributed by atoms with Gasteiger partial charge < -0.3 is 19.5 Å². The normalized spacial score (nSPS) is 13.2. The highest BCUT2D eigenvalue weighted by Crippen LogP contribution is 1.95. The third-order valence-electron chi connectivity index (χ3n) is 2.45. The number of aliphatic imine (C=N–C) groups is 1. The van der Waals surface area contributed by atoms with Crippen molar-refractivity contribution in [3.8, 4) is 0 Å². The molecule has 0 aliphatic carbocycles. The standard InChI is InChI=1S/C14H26N2O5/c1-10(2)15-11(3)13(17)16-12(4)14(18)21-9-8-20-7-6-19-5/h11-12H,6-9H2,1-5H3,(H,16,17)/t11-,12+/m1/s1. The van der Waals surface area contributed by atoms with Crippen LogP contribution in [-0.4, -0.2) is 63.2 Å². The van der Waals surface area contributed by atoms with E-state index in [1.165, 1.54) is 0 Å². The fraction of sp³-hybridized carbons (Fsp3) is 0.786. The number of ether oxygens (including phenoxy) is 3. The van der Waals surface area contributed by atoms with E-state index in [0.29, 0.717) is 19.8 Å². The fourth-order valence-electron chi connectivity index (χ4n) is 1.41. The molecule has 7 heteroatoms. The highest BCUT2D eigenvalue weighted by molar-refractivity contribution is 5.89. The van der Waals surface area contributed by atoms with Gasteiger partial charge in [0.2, 0.25) is 5.91 Å². The highest BCUT2D eigenvalue weighted by Gasteiger charge is 2.20. The van der Waals surface area contributed by atoms with Gasteiger partial charge in [-0.1, -0.05) is 0 Å². The maximum atomic E-state index is 11.8. The second-order valence-electron chi connectivity index (χ2n) is 4.76. The van der Waals surface area contributed by atoms with Gasteiger partial charge in [0, 0.05) is 12.8 Å². The van der Waals surface area contributed by atoms with E-state index in [2.05, 4.69) is 10.3 Å². The molecule has 0 heterocycles. The summed E-state index contributed by atoms with van der Waals surface area (Å²) in [6.07, 6.45) is 0. The first-order valence-corrected chi connectivity index (χ1v) is 6.93. The molecular weight excluding hydrogens is 276 g/mol. The minimum atomic E-state index is -0.716. The third-order valence-corrected chi connectivity index (χ3v) is 2.45. The molecule has 0 saturated carbocycles. The van der Waals surface area contributed by atoms with Crippen LogP contribution in [0.5, 0.6) is 0 Å². The van der Waals surface area contributed by atoms with Gasteiger partial charge >= 0.3 is 5.97 Å². The Morgan fingerprint density at radius 1 is 1.10 bits per heavy atom. The van der Waals surface area contributed by atoms with Gasteiger partial charge in [0.25, 0.3) is 0 Å². The minimum absolute atomic E-state index is 0.143. The van der Waals surface area contributed by atoms with Crippen LogP contribution in [-0.2, 0) is 23.8 Å². The monoisotopic (exact) mass is 302 g/mol. The lowest BCUT2D eigenvalue weighted by atomic mass is 10.2. The van der Waals surface area contributed by atoms with Crippen LogP contribution in [0.3, 0.4) is 0 Å². The highest BCUT2D eigenvalue weighted by atomic mass is 16.6. The first-order chi connectivity index (χ1) is 9.88. The van der Waals surface area contributed by atoms with E-state index in [9.17, 15) is 9.59 Å². The SMILES string of the molecule is COCCOCCOC(=O)[C@H](C)NC(=O)[C@@H](C)N=C(C)C. The lowest BCUT2D eigenvalue weighted by molar-refractivity contribution is -0.149. The van der Waals surface area contributed by atoms with Gasteiger partial charge in [-0.3, -0.25) is 9.79 Å². The van der Waals surface area contributed by atoms with E-state index in [1.54, 1.807) is 21.0 Å². The lowest BCUT2D eigenvalue weighted by Gasteiger charge is -2.15. The van der Waals surface area contributed by atoms with Gasteiger partial charge in [0.1, 0.15) is 18.7 Å². The van der Waals surface area contributed by atoms with Gasteiger partial charge in [0.15, 0.2) is 0 Å². The Morgan fingerprint density at radius 2 is 1.71 bits per heavy atom. The van der Waals surface area contributed by atoms with E-state index < -0.39 is 18.1 Å². The average Bonchev–Trinajstić information content (AvgIpc) is 2.41. The van der Waals surface area contributed by atoms with Crippen molar-refractivity contribution < 1.29 is 23.8 Å². The van der Waals surface area contributed by atoms with Crippen molar-refractivity contribution in [3.05, 3.63) is 0 Å². The van der Waals surface area contributed by atoms with Crippen molar-refractivity contribution in [1.82, 2.24) is 5.32 Å². The summed E-state index contributed by atoms with van der Waals surface area (Å²) in [5.41, 5.74) is 0.807. The molecule has 0 aliphatic heterocycles. The largest absolute Gasteiger partial charge is 0.462 e. The molecule has 122 valence electrons. The minimum Gasteiger partial charge on any atom is -0.462 e. The van der Waals surface area contributed by atoms with Crippen LogP contribution in [0.15, 0.2) is 4.99 Å². The van der Waals surface area contributed by atoms with Crippen LogP contribution in [0.1, 0.15) is 27.7 Å². The molecule has 21 heavy (non-hydrogen) atoms. The molecule has 0 aromatic carbocycles. The van der Waals surface area contributed by atoms with Gasteiger partial charge in [-0.2, -0.15) is 0 Å². The van der Waals surface area contributed by atoms with E-state index in [1.807, 2.05) is 13.8 Å². The van der Waals surface area contributed by atoms with Gasteiger partial charge in [-0.05, 0) is 27.7 Å². The number of carbonyl (C=O) groups excluding carboxylic acids is 2. The molecule has 0 fully saturated rings. The summed E-state index contributed by atoms with van der Waals surface area (Å²) in [6, 6.07) is -1.24. The van der Waals surface area contributed by atoms with Crippen molar-refractivity contribution in [2.75, 3.05) is 33.5 Å². The zero-order valence-electron chi connectivity index (χ0n) is 13.5. The zero-order valence-corrected chi connectivity index (χ0v) is 13.5. The van der Waals surface area contributed by atoms with Gasteiger partial charge in [-0.25, -0.2) is 4.79 Å². The zero-order chi connectivity index (χ0) is 16.3. The number of nitrogens with one attached hydrogen (secondary N) is 1. The molecule has 0 rings (SSSR count). The maximum Gasteiger partial charge on any atom is 0.328 e. The Kier molecular flexibility index (Phi) is 10.4. The lowest BCUT2D eigenvalue weighted by Crippen LogP contribution is -2.43. The smallest absolute Gasteiger partial charge is 0.328 e. The predicted octanol–water partition coefficient (Wildman–Crippen LogP) is 0.567. The van der Waals surface area contributed by atoms with Gasteiger partial charge in [-0.15, -0.1) is 0 Å². The number of amides is 1. The van der Waals surface area contributed by atoms with Crippen LogP contribution in [0.2, 0.25) is 0 Å². The number of nitrogens with zero attached hydrogens (tertiary/aromatic N) is 1. The molecule has 0 radical (unpaired) electrons. The van der Waals surface area contributed by atoms with Crippen LogP contribution in [0, 0.1) is 0 Å². The molecule has 1 N–H and O–H groups in total. The van der Waals surface area contributed by atoms with E-state index in [0.717, 1.165) is 5.71 Å². The summed E-state index contributed by atoms with van der Waals surface area (Å²) in [5, 5.41) is 2.56. The summed E-state index contributed by atoms with van der Waals surface area (Å²) >= 11 is 0.